The van der Waals surface area contributed by atoms with Gasteiger partial charge >= 0.3 is 0 Å². The lowest BCUT2D eigenvalue weighted by molar-refractivity contribution is -0.138. The first-order valence-corrected chi connectivity index (χ1v) is 11.1. The van der Waals surface area contributed by atoms with E-state index in [9.17, 15) is 9.59 Å². The highest BCUT2D eigenvalue weighted by atomic mass is 35.5. The van der Waals surface area contributed by atoms with Crippen LogP contribution in [0.2, 0.25) is 5.02 Å². The summed E-state index contributed by atoms with van der Waals surface area (Å²) in [6.45, 7) is 4.29. The van der Waals surface area contributed by atoms with E-state index in [2.05, 4.69) is 10.2 Å². The zero-order valence-corrected chi connectivity index (χ0v) is 19.5. The van der Waals surface area contributed by atoms with Gasteiger partial charge in [0.15, 0.2) is 0 Å². The molecule has 2 amide bonds. The number of aromatic nitrogens is 2. The van der Waals surface area contributed by atoms with Crippen LogP contribution in [0.5, 0.6) is 5.75 Å². The minimum Gasteiger partial charge on any atom is -0.497 e. The van der Waals surface area contributed by atoms with Crippen LogP contribution in [0.1, 0.15) is 26.2 Å². The molecule has 2 aromatic carbocycles. The Bertz CT molecular complexity index is 1160. The molecule has 4 rings (SSSR count). The van der Waals surface area contributed by atoms with Crippen molar-refractivity contribution in [2.24, 2.45) is 5.92 Å². The fraction of sp³-hybridized carbons (Fsp3) is 0.333. The first kappa shape index (κ1) is 22.8. The lowest BCUT2D eigenvalue weighted by Gasteiger charge is -2.28. The molecule has 0 spiro atoms. The van der Waals surface area contributed by atoms with Crippen LogP contribution in [0.3, 0.4) is 0 Å². The number of methoxy groups -OCH3 is 1. The molecule has 1 saturated heterocycles. The molecule has 1 aliphatic heterocycles. The molecular weight excluding hydrogens is 444 g/mol. The maximum absolute atomic E-state index is 13.4. The van der Waals surface area contributed by atoms with E-state index in [0.29, 0.717) is 40.3 Å². The van der Waals surface area contributed by atoms with Crippen molar-refractivity contribution in [1.29, 1.82) is 0 Å². The predicted octanol–water partition coefficient (Wildman–Crippen LogP) is 4.19. The van der Waals surface area contributed by atoms with E-state index in [-0.39, 0.29) is 30.8 Å². The van der Waals surface area contributed by atoms with Crippen molar-refractivity contribution in [3.8, 4) is 17.2 Å². The minimum atomic E-state index is -0.461. The van der Waals surface area contributed by atoms with Crippen molar-refractivity contribution in [1.82, 2.24) is 15.1 Å². The number of hydrogen-bond acceptors (Lipinski definition) is 6. The van der Waals surface area contributed by atoms with Crippen LogP contribution in [-0.4, -0.2) is 46.6 Å². The molecule has 0 N–H and O–H groups in total. The Balaban J connectivity index is 1.49. The van der Waals surface area contributed by atoms with Crippen LogP contribution >= 0.6 is 11.6 Å². The number of amides is 2. The second-order valence-electron chi connectivity index (χ2n) is 8.15. The Morgan fingerprint density at radius 3 is 2.76 bits per heavy atom. The summed E-state index contributed by atoms with van der Waals surface area (Å²) >= 11 is 6.22. The zero-order chi connectivity index (χ0) is 23.5. The number of benzene rings is 2. The van der Waals surface area contributed by atoms with Crippen molar-refractivity contribution < 1.29 is 18.7 Å². The molecule has 1 unspecified atom stereocenters. The molecule has 0 aliphatic carbocycles. The average Bonchev–Trinajstić information content (AvgIpc) is 3.44. The lowest BCUT2D eigenvalue weighted by atomic mass is 10.1. The van der Waals surface area contributed by atoms with Crippen LogP contribution in [0, 0.1) is 5.92 Å². The van der Waals surface area contributed by atoms with E-state index >= 15 is 0 Å². The Morgan fingerprint density at radius 1 is 1.24 bits per heavy atom. The van der Waals surface area contributed by atoms with Crippen molar-refractivity contribution in [2.45, 2.75) is 32.9 Å². The zero-order valence-electron chi connectivity index (χ0n) is 18.7. The molecule has 9 heteroatoms. The molecule has 8 nitrogen and oxygen atoms in total. The third-order valence-electron chi connectivity index (χ3n) is 5.62. The molecule has 1 aromatic heterocycles. The summed E-state index contributed by atoms with van der Waals surface area (Å²) < 4.78 is 11.0. The van der Waals surface area contributed by atoms with Crippen LogP contribution < -0.4 is 9.64 Å². The first-order chi connectivity index (χ1) is 15.9. The summed E-state index contributed by atoms with van der Waals surface area (Å²) in [6, 6.07) is 14.3. The van der Waals surface area contributed by atoms with Crippen LogP contribution in [-0.2, 0) is 16.1 Å². The van der Waals surface area contributed by atoms with Crippen LogP contribution in [0.15, 0.2) is 52.9 Å². The van der Waals surface area contributed by atoms with E-state index in [4.69, 9.17) is 20.8 Å². The van der Waals surface area contributed by atoms with E-state index < -0.39 is 5.92 Å². The third kappa shape index (κ3) is 4.85. The van der Waals surface area contributed by atoms with Crippen molar-refractivity contribution in [3.05, 3.63) is 59.4 Å². The number of anilines is 1. The standard InChI is InChI=1S/C24H25ClN4O4/c1-15(2)28(14-21-26-27-23(33-21)19-9-4-5-10-20(19)25)24(31)16-11-22(30)29(13-16)17-7-6-8-18(12-17)32-3/h4-10,12,15-16H,11,13-14H2,1-3H3. The lowest BCUT2D eigenvalue weighted by Crippen LogP contribution is -2.41. The third-order valence-corrected chi connectivity index (χ3v) is 5.95. The number of nitrogens with zero attached hydrogens (tertiary/aromatic N) is 4. The van der Waals surface area contributed by atoms with Gasteiger partial charge < -0.3 is 19.0 Å². The van der Waals surface area contributed by atoms with Gasteiger partial charge in [0, 0.05) is 30.8 Å². The van der Waals surface area contributed by atoms with Gasteiger partial charge in [-0.2, -0.15) is 0 Å². The van der Waals surface area contributed by atoms with Crippen LogP contribution in [0.25, 0.3) is 11.5 Å². The van der Waals surface area contributed by atoms with Crippen LogP contribution in [0.4, 0.5) is 5.69 Å². The SMILES string of the molecule is COc1cccc(N2CC(C(=O)N(Cc3nnc(-c4ccccc4Cl)o3)C(C)C)CC2=O)c1. The summed E-state index contributed by atoms with van der Waals surface area (Å²) in [7, 11) is 1.58. The molecule has 1 aliphatic rings. The maximum atomic E-state index is 13.4. The van der Waals surface area contributed by atoms with Gasteiger partial charge in [-0.1, -0.05) is 29.8 Å². The Kier molecular flexibility index (Phi) is 6.65. The summed E-state index contributed by atoms with van der Waals surface area (Å²) in [5.74, 6) is 0.583. The van der Waals surface area contributed by atoms with Gasteiger partial charge in [-0.15, -0.1) is 10.2 Å². The fourth-order valence-electron chi connectivity index (χ4n) is 3.86. The Hall–Kier alpha value is -3.39. The van der Waals surface area contributed by atoms with Crippen molar-refractivity contribution in [3.63, 3.8) is 0 Å². The van der Waals surface area contributed by atoms with E-state index in [0.717, 1.165) is 0 Å². The van der Waals surface area contributed by atoms with E-state index in [1.165, 1.54) is 0 Å². The normalized spacial score (nSPS) is 15.8. The monoisotopic (exact) mass is 468 g/mol. The van der Waals surface area contributed by atoms with Gasteiger partial charge in [-0.05, 0) is 38.1 Å². The van der Waals surface area contributed by atoms with Gasteiger partial charge in [-0.3, -0.25) is 9.59 Å². The number of carbonyl (C=O) groups is 2. The van der Waals surface area contributed by atoms with Crippen molar-refractivity contribution >= 4 is 29.1 Å². The molecule has 2 heterocycles. The summed E-state index contributed by atoms with van der Waals surface area (Å²) in [4.78, 5) is 29.4. The highest BCUT2D eigenvalue weighted by molar-refractivity contribution is 6.33. The number of hydrogen-bond donors (Lipinski definition) is 0. The second-order valence-corrected chi connectivity index (χ2v) is 8.55. The molecule has 172 valence electrons. The number of carbonyl (C=O) groups excluding carboxylic acids is 2. The Morgan fingerprint density at radius 2 is 2.03 bits per heavy atom. The molecule has 1 atom stereocenters. The largest absolute Gasteiger partial charge is 0.497 e. The first-order valence-electron chi connectivity index (χ1n) is 10.7. The number of ether oxygens (including phenoxy) is 1. The molecule has 0 radical (unpaired) electrons. The minimum absolute atomic E-state index is 0.0934. The van der Waals surface area contributed by atoms with Gasteiger partial charge in [0.25, 0.3) is 0 Å². The van der Waals surface area contributed by atoms with E-state index in [1.807, 2.05) is 44.2 Å². The Labute approximate surface area is 197 Å². The van der Waals surface area contributed by atoms with Crippen molar-refractivity contribution in [2.75, 3.05) is 18.6 Å². The van der Waals surface area contributed by atoms with Gasteiger partial charge in [-0.25, -0.2) is 0 Å². The molecule has 0 saturated carbocycles. The quantitative estimate of drug-likeness (QED) is 0.516. The average molecular weight is 469 g/mol. The van der Waals surface area contributed by atoms with Gasteiger partial charge in [0.05, 0.1) is 30.2 Å². The highest BCUT2D eigenvalue weighted by Gasteiger charge is 2.38. The van der Waals surface area contributed by atoms with Gasteiger partial charge in [0.1, 0.15) is 5.75 Å². The smallest absolute Gasteiger partial charge is 0.249 e. The summed E-state index contributed by atoms with van der Waals surface area (Å²) in [6.07, 6.45) is 0.147. The van der Waals surface area contributed by atoms with Gasteiger partial charge in [0.2, 0.25) is 23.6 Å². The maximum Gasteiger partial charge on any atom is 0.249 e. The summed E-state index contributed by atoms with van der Waals surface area (Å²) in [5, 5.41) is 8.69. The number of rotatable bonds is 7. The van der Waals surface area contributed by atoms with E-state index in [1.54, 1.807) is 35.1 Å². The molecule has 3 aromatic rings. The predicted molar refractivity (Wildman–Crippen MR) is 124 cm³/mol. The molecule has 0 bridgehead atoms. The molecular formula is C24H25ClN4O4. The topological polar surface area (TPSA) is 88.8 Å². The second kappa shape index (κ2) is 9.62. The molecule has 33 heavy (non-hydrogen) atoms. The molecule has 1 fully saturated rings. The number of halogens is 1. The highest BCUT2D eigenvalue weighted by Crippen LogP contribution is 2.30. The summed E-state index contributed by atoms with van der Waals surface area (Å²) in [5.41, 5.74) is 1.35. The fourth-order valence-corrected chi connectivity index (χ4v) is 4.07.